The Kier molecular flexibility index (Phi) is 1.97. The van der Waals surface area contributed by atoms with Gasteiger partial charge >= 0.3 is 5.69 Å². The van der Waals surface area contributed by atoms with Gasteiger partial charge in [0, 0.05) is 18.0 Å². The topological polar surface area (TPSA) is 50.7 Å². The van der Waals surface area contributed by atoms with E-state index in [0.29, 0.717) is 12.0 Å². The molecule has 0 aliphatic heterocycles. The number of H-pyrrole nitrogens is 1. The molecule has 5 rings (SSSR count). The number of imidazole rings is 1. The van der Waals surface area contributed by atoms with Crippen LogP contribution in [-0.2, 0) is 6.42 Å². The molecule has 3 aliphatic carbocycles. The van der Waals surface area contributed by atoms with E-state index in [1.807, 2.05) is 6.20 Å². The molecular weight excluding hydrogens is 250 g/mol. The van der Waals surface area contributed by atoms with Crippen LogP contribution in [0.15, 0.2) is 17.1 Å². The predicted octanol–water partition coefficient (Wildman–Crippen LogP) is 2.66. The molecular formula is C16H17N3O. The van der Waals surface area contributed by atoms with Crippen molar-refractivity contribution in [3.63, 3.8) is 0 Å². The molecule has 2 bridgehead atoms. The van der Waals surface area contributed by atoms with E-state index in [1.165, 1.54) is 25.7 Å². The van der Waals surface area contributed by atoms with Crippen molar-refractivity contribution in [1.82, 2.24) is 14.5 Å². The van der Waals surface area contributed by atoms with Crippen LogP contribution in [-0.4, -0.2) is 14.5 Å². The van der Waals surface area contributed by atoms with Crippen molar-refractivity contribution in [2.24, 2.45) is 11.8 Å². The fourth-order valence-electron chi connectivity index (χ4n) is 4.65. The second-order valence-electron chi connectivity index (χ2n) is 6.53. The van der Waals surface area contributed by atoms with Crippen molar-refractivity contribution in [3.8, 4) is 0 Å². The fraction of sp³-hybridized carbons (Fsp3) is 0.500. The summed E-state index contributed by atoms with van der Waals surface area (Å²) in [5.41, 5.74) is 4.29. The van der Waals surface area contributed by atoms with Gasteiger partial charge in [-0.1, -0.05) is 18.6 Å². The molecule has 2 aromatic rings. The van der Waals surface area contributed by atoms with Crippen LogP contribution in [0.1, 0.15) is 43.0 Å². The van der Waals surface area contributed by atoms with Gasteiger partial charge in [-0.2, -0.15) is 0 Å². The van der Waals surface area contributed by atoms with Crippen molar-refractivity contribution < 1.29 is 0 Å². The normalized spacial score (nSPS) is 30.5. The molecule has 0 aromatic carbocycles. The van der Waals surface area contributed by atoms with E-state index in [2.05, 4.69) is 26.7 Å². The lowest BCUT2D eigenvalue weighted by Crippen LogP contribution is -2.26. The predicted molar refractivity (Wildman–Crippen MR) is 77.6 cm³/mol. The summed E-state index contributed by atoms with van der Waals surface area (Å²) >= 11 is 0. The summed E-state index contributed by atoms with van der Waals surface area (Å²) in [6, 6.07) is 0.399. The largest absolute Gasteiger partial charge is 0.326 e. The van der Waals surface area contributed by atoms with Gasteiger partial charge in [0.2, 0.25) is 0 Å². The van der Waals surface area contributed by atoms with Crippen molar-refractivity contribution in [3.05, 3.63) is 34.0 Å². The first-order valence-electron chi connectivity index (χ1n) is 7.60. The second kappa shape index (κ2) is 3.62. The molecule has 102 valence electrons. The first kappa shape index (κ1) is 10.9. The molecule has 3 aliphatic rings. The van der Waals surface area contributed by atoms with Crippen LogP contribution < -0.4 is 5.69 Å². The number of rotatable bonds is 1. The van der Waals surface area contributed by atoms with Crippen LogP contribution >= 0.6 is 0 Å². The van der Waals surface area contributed by atoms with Crippen molar-refractivity contribution in [2.75, 3.05) is 0 Å². The Bertz CT molecular complexity index is 798. The summed E-state index contributed by atoms with van der Waals surface area (Å²) in [5.74, 6) is 1.54. The third-order valence-corrected chi connectivity index (χ3v) is 5.50. The first-order valence-corrected chi connectivity index (χ1v) is 7.60. The van der Waals surface area contributed by atoms with Crippen LogP contribution in [0, 0.1) is 11.8 Å². The maximum Gasteiger partial charge on any atom is 0.326 e. The molecule has 3 atom stereocenters. The summed E-state index contributed by atoms with van der Waals surface area (Å²) in [5, 5.41) is 0. The van der Waals surface area contributed by atoms with Crippen molar-refractivity contribution in [1.29, 1.82) is 0 Å². The molecule has 2 fully saturated rings. The van der Waals surface area contributed by atoms with E-state index in [4.69, 9.17) is 0 Å². The molecule has 0 spiro atoms. The quantitative estimate of drug-likeness (QED) is 0.863. The number of nitrogens with one attached hydrogen (secondary N) is 1. The van der Waals surface area contributed by atoms with Gasteiger partial charge in [0.05, 0.1) is 22.9 Å². The van der Waals surface area contributed by atoms with E-state index >= 15 is 0 Å². The lowest BCUT2D eigenvalue weighted by Gasteiger charge is -2.23. The van der Waals surface area contributed by atoms with Crippen LogP contribution in [0.3, 0.4) is 0 Å². The standard InChI is InChI=1S/C16H17N3O/c20-16-18-13-8-17-12-3-1-2-11(12)15(13)19(16)14-7-9-4-5-10(14)6-9/h1-2,8-10,14H,3-7H2,(H,18,20)/t9-,10+,14-/m0/s1. The van der Waals surface area contributed by atoms with Crippen molar-refractivity contribution in [2.45, 2.75) is 38.1 Å². The molecule has 4 heteroatoms. The average Bonchev–Trinajstić information content (AvgIpc) is 3.19. The van der Waals surface area contributed by atoms with E-state index < -0.39 is 0 Å². The zero-order valence-electron chi connectivity index (χ0n) is 11.3. The van der Waals surface area contributed by atoms with Crippen LogP contribution in [0.25, 0.3) is 17.1 Å². The van der Waals surface area contributed by atoms with Gasteiger partial charge in [-0.15, -0.1) is 0 Å². The number of allylic oxidation sites excluding steroid dienone is 1. The van der Waals surface area contributed by atoms with Gasteiger partial charge in [-0.05, 0) is 31.1 Å². The third kappa shape index (κ3) is 1.27. The van der Waals surface area contributed by atoms with E-state index in [0.717, 1.165) is 34.6 Å². The summed E-state index contributed by atoms with van der Waals surface area (Å²) in [6.45, 7) is 0. The molecule has 0 unspecified atom stereocenters. The fourth-order valence-corrected chi connectivity index (χ4v) is 4.65. The summed E-state index contributed by atoms with van der Waals surface area (Å²) in [6.07, 6.45) is 12.1. The van der Waals surface area contributed by atoms with Crippen LogP contribution in [0.5, 0.6) is 0 Å². The van der Waals surface area contributed by atoms with E-state index in [9.17, 15) is 4.79 Å². The van der Waals surface area contributed by atoms with Gasteiger partial charge in [0.25, 0.3) is 0 Å². The highest BCUT2D eigenvalue weighted by Crippen LogP contribution is 2.51. The number of hydrogen-bond donors (Lipinski definition) is 1. The number of nitrogens with zero attached hydrogens (tertiary/aromatic N) is 2. The van der Waals surface area contributed by atoms with E-state index in [1.54, 1.807) is 0 Å². The summed E-state index contributed by atoms with van der Waals surface area (Å²) in [4.78, 5) is 19.9. The molecule has 0 saturated heterocycles. The molecule has 0 amide bonds. The number of hydrogen-bond acceptors (Lipinski definition) is 2. The molecule has 0 radical (unpaired) electrons. The monoisotopic (exact) mass is 267 g/mol. The Hall–Kier alpha value is -1.84. The van der Waals surface area contributed by atoms with Gasteiger partial charge in [0.15, 0.2) is 0 Å². The Morgan fingerprint density at radius 2 is 2.25 bits per heavy atom. The highest BCUT2D eigenvalue weighted by atomic mass is 16.1. The molecule has 2 aromatic heterocycles. The van der Waals surface area contributed by atoms with Gasteiger partial charge in [0.1, 0.15) is 0 Å². The third-order valence-electron chi connectivity index (χ3n) is 5.50. The number of aromatic nitrogens is 3. The van der Waals surface area contributed by atoms with Crippen LogP contribution in [0.2, 0.25) is 0 Å². The summed E-state index contributed by atoms with van der Waals surface area (Å²) in [7, 11) is 0. The van der Waals surface area contributed by atoms with Crippen molar-refractivity contribution >= 4 is 17.1 Å². The van der Waals surface area contributed by atoms with Gasteiger partial charge in [-0.25, -0.2) is 4.79 Å². The number of aromatic amines is 1. The minimum Gasteiger partial charge on any atom is -0.304 e. The molecule has 2 heterocycles. The SMILES string of the molecule is O=c1[nH]c2cnc3c(c2n1[C@H]1C[C@H]2CC[C@@H]1C2)C=CC3. The number of fused-ring (bicyclic) bond motifs is 5. The minimum absolute atomic E-state index is 0.0491. The highest BCUT2D eigenvalue weighted by molar-refractivity contribution is 5.87. The Labute approximate surface area is 116 Å². The van der Waals surface area contributed by atoms with Crippen LogP contribution in [0.4, 0.5) is 0 Å². The Morgan fingerprint density at radius 3 is 3.05 bits per heavy atom. The maximum atomic E-state index is 12.5. The first-order chi connectivity index (χ1) is 9.81. The van der Waals surface area contributed by atoms with Gasteiger partial charge in [-0.3, -0.25) is 9.55 Å². The Balaban J connectivity index is 1.79. The zero-order valence-corrected chi connectivity index (χ0v) is 11.3. The summed E-state index contributed by atoms with van der Waals surface area (Å²) < 4.78 is 2.05. The highest BCUT2D eigenvalue weighted by Gasteiger charge is 2.41. The number of pyridine rings is 1. The molecule has 2 saturated carbocycles. The maximum absolute atomic E-state index is 12.5. The molecule has 4 nitrogen and oxygen atoms in total. The average molecular weight is 267 g/mol. The zero-order chi connectivity index (χ0) is 13.3. The second-order valence-corrected chi connectivity index (χ2v) is 6.53. The molecule has 1 N–H and O–H groups in total. The molecule has 20 heavy (non-hydrogen) atoms. The lowest BCUT2D eigenvalue weighted by molar-refractivity contribution is 0.330. The van der Waals surface area contributed by atoms with Gasteiger partial charge < -0.3 is 4.98 Å². The smallest absolute Gasteiger partial charge is 0.304 e. The minimum atomic E-state index is 0.0491. The lowest BCUT2D eigenvalue weighted by atomic mass is 9.95. The van der Waals surface area contributed by atoms with E-state index in [-0.39, 0.29) is 5.69 Å². The Morgan fingerprint density at radius 1 is 1.30 bits per heavy atom.